The number of aliphatic hydroxyl groups is 1. The van der Waals surface area contributed by atoms with Gasteiger partial charge in [0.1, 0.15) is 10.7 Å². The van der Waals surface area contributed by atoms with Crippen LogP contribution in [-0.4, -0.2) is 29.1 Å². The molecule has 1 aliphatic rings. The van der Waals surface area contributed by atoms with Gasteiger partial charge in [0.2, 0.25) is 0 Å². The van der Waals surface area contributed by atoms with E-state index in [2.05, 4.69) is 10.3 Å². The van der Waals surface area contributed by atoms with Gasteiger partial charge in [-0.25, -0.2) is 4.98 Å². The van der Waals surface area contributed by atoms with Crippen molar-refractivity contribution in [3.05, 3.63) is 16.1 Å². The fraction of sp³-hybridized carbons (Fsp3) is 0.636. The van der Waals surface area contributed by atoms with Crippen molar-refractivity contribution < 1.29 is 9.90 Å². The van der Waals surface area contributed by atoms with Crippen LogP contribution < -0.4 is 11.1 Å². The monoisotopic (exact) mass is 255 g/mol. The van der Waals surface area contributed by atoms with Gasteiger partial charge in [-0.05, 0) is 24.7 Å². The second kappa shape index (κ2) is 5.12. The smallest absolute Gasteiger partial charge is 0.270 e. The van der Waals surface area contributed by atoms with Crippen molar-refractivity contribution in [2.24, 2.45) is 11.1 Å². The Labute approximate surface area is 104 Å². The molecule has 4 N–H and O–H groups in total. The number of hydrogen-bond acceptors (Lipinski definition) is 5. The minimum Gasteiger partial charge on any atom is -0.396 e. The molecule has 1 heterocycles. The number of carbonyl (C=O) groups is 1. The van der Waals surface area contributed by atoms with Crippen LogP contribution in [0.5, 0.6) is 0 Å². The molecule has 0 atom stereocenters. The van der Waals surface area contributed by atoms with E-state index in [9.17, 15) is 4.79 Å². The number of nitrogens with two attached hydrogens (primary N) is 1. The van der Waals surface area contributed by atoms with Crippen LogP contribution in [0.15, 0.2) is 5.38 Å². The second-order valence-corrected chi connectivity index (χ2v) is 5.43. The summed E-state index contributed by atoms with van der Waals surface area (Å²) in [6.45, 7) is 1.18. The van der Waals surface area contributed by atoms with Gasteiger partial charge in [0, 0.05) is 25.1 Å². The van der Waals surface area contributed by atoms with Crippen LogP contribution in [0.3, 0.4) is 0 Å². The largest absolute Gasteiger partial charge is 0.396 e. The molecule has 0 unspecified atom stereocenters. The molecule has 1 amide bonds. The van der Waals surface area contributed by atoms with Crippen LogP contribution in [0.1, 0.15) is 34.8 Å². The third-order valence-electron chi connectivity index (χ3n) is 3.18. The number of amides is 1. The first-order chi connectivity index (χ1) is 8.19. The molecule has 1 saturated carbocycles. The van der Waals surface area contributed by atoms with Gasteiger partial charge in [-0.15, -0.1) is 11.3 Å². The lowest BCUT2D eigenvalue weighted by Gasteiger charge is -2.13. The molecule has 94 valence electrons. The molecule has 17 heavy (non-hydrogen) atoms. The van der Waals surface area contributed by atoms with E-state index in [0.717, 1.165) is 24.3 Å². The zero-order chi connectivity index (χ0) is 12.3. The SMILES string of the molecule is NCc1nc(C(=O)NCC2(CCO)CC2)cs1. The van der Waals surface area contributed by atoms with Crippen LogP contribution in [0, 0.1) is 5.41 Å². The summed E-state index contributed by atoms with van der Waals surface area (Å²) < 4.78 is 0. The summed E-state index contributed by atoms with van der Waals surface area (Å²) in [5, 5.41) is 14.3. The normalized spacial score (nSPS) is 16.8. The van der Waals surface area contributed by atoms with E-state index in [1.807, 2.05) is 0 Å². The van der Waals surface area contributed by atoms with E-state index < -0.39 is 0 Å². The number of aliphatic hydroxyl groups excluding tert-OH is 1. The Morgan fingerprint density at radius 2 is 2.41 bits per heavy atom. The Bertz CT molecular complexity index is 401. The highest BCUT2D eigenvalue weighted by Gasteiger charge is 2.41. The predicted octanol–water partition coefficient (Wildman–Crippen LogP) is 0.494. The Kier molecular flexibility index (Phi) is 3.76. The highest BCUT2D eigenvalue weighted by Crippen LogP contribution is 2.47. The molecule has 0 saturated heterocycles. The molecule has 6 heteroatoms. The minimum absolute atomic E-state index is 0.136. The van der Waals surface area contributed by atoms with E-state index >= 15 is 0 Å². The molecular formula is C11H17N3O2S. The standard InChI is InChI=1S/C11H17N3O2S/c12-5-9-14-8(6-17-9)10(16)13-7-11(1-2-11)3-4-15/h6,15H,1-5,7,12H2,(H,13,16). The van der Waals surface area contributed by atoms with E-state index in [1.54, 1.807) is 5.38 Å². The fourth-order valence-electron chi connectivity index (χ4n) is 1.80. The van der Waals surface area contributed by atoms with Crippen molar-refractivity contribution in [3.63, 3.8) is 0 Å². The topological polar surface area (TPSA) is 88.2 Å². The van der Waals surface area contributed by atoms with Gasteiger partial charge >= 0.3 is 0 Å². The summed E-state index contributed by atoms with van der Waals surface area (Å²) in [5.74, 6) is -0.148. The number of thiazole rings is 1. The molecule has 0 aliphatic heterocycles. The molecular weight excluding hydrogens is 238 g/mol. The number of rotatable bonds is 6. The molecule has 1 aromatic rings. The number of nitrogens with one attached hydrogen (secondary N) is 1. The van der Waals surface area contributed by atoms with Crippen LogP contribution in [0.25, 0.3) is 0 Å². The molecule has 0 spiro atoms. The van der Waals surface area contributed by atoms with E-state index in [-0.39, 0.29) is 17.9 Å². The molecule has 0 bridgehead atoms. The van der Waals surface area contributed by atoms with Crippen LogP contribution in [0.4, 0.5) is 0 Å². The van der Waals surface area contributed by atoms with Crippen LogP contribution in [0.2, 0.25) is 0 Å². The lowest BCUT2D eigenvalue weighted by atomic mass is 10.0. The maximum absolute atomic E-state index is 11.8. The Hall–Kier alpha value is -0.980. The summed E-state index contributed by atoms with van der Waals surface area (Å²) in [4.78, 5) is 15.9. The molecule has 1 aliphatic carbocycles. The van der Waals surface area contributed by atoms with E-state index in [4.69, 9.17) is 10.8 Å². The Morgan fingerprint density at radius 1 is 1.65 bits per heavy atom. The third kappa shape index (κ3) is 3.02. The number of aromatic nitrogens is 1. The predicted molar refractivity (Wildman–Crippen MR) is 65.7 cm³/mol. The molecule has 5 nitrogen and oxygen atoms in total. The molecule has 1 fully saturated rings. The minimum atomic E-state index is -0.148. The van der Waals surface area contributed by atoms with Gasteiger partial charge in [0.15, 0.2) is 0 Å². The van der Waals surface area contributed by atoms with Crippen molar-refractivity contribution in [1.82, 2.24) is 10.3 Å². The summed E-state index contributed by atoms with van der Waals surface area (Å²) in [5.41, 5.74) is 6.02. The van der Waals surface area contributed by atoms with Gasteiger partial charge in [-0.2, -0.15) is 0 Å². The first kappa shape index (κ1) is 12.5. The van der Waals surface area contributed by atoms with Crippen molar-refractivity contribution in [3.8, 4) is 0 Å². The second-order valence-electron chi connectivity index (χ2n) is 4.49. The Morgan fingerprint density at radius 3 is 2.94 bits per heavy atom. The number of nitrogens with zero attached hydrogens (tertiary/aromatic N) is 1. The van der Waals surface area contributed by atoms with Gasteiger partial charge in [-0.1, -0.05) is 0 Å². The summed E-state index contributed by atoms with van der Waals surface area (Å²) in [6, 6.07) is 0. The number of carbonyl (C=O) groups excluding carboxylic acids is 1. The van der Waals surface area contributed by atoms with Crippen LogP contribution in [-0.2, 0) is 6.54 Å². The quantitative estimate of drug-likeness (QED) is 0.690. The third-order valence-corrected chi connectivity index (χ3v) is 4.05. The van der Waals surface area contributed by atoms with Crippen molar-refractivity contribution in [2.75, 3.05) is 13.2 Å². The van der Waals surface area contributed by atoms with Gasteiger partial charge in [0.05, 0.1) is 0 Å². The van der Waals surface area contributed by atoms with Crippen molar-refractivity contribution in [2.45, 2.75) is 25.8 Å². The first-order valence-corrected chi connectivity index (χ1v) is 6.61. The zero-order valence-electron chi connectivity index (χ0n) is 9.61. The highest BCUT2D eigenvalue weighted by atomic mass is 32.1. The maximum atomic E-state index is 11.8. The van der Waals surface area contributed by atoms with Gasteiger partial charge in [-0.3, -0.25) is 4.79 Å². The van der Waals surface area contributed by atoms with Gasteiger partial charge < -0.3 is 16.2 Å². The maximum Gasteiger partial charge on any atom is 0.270 e. The Balaban J connectivity index is 1.85. The van der Waals surface area contributed by atoms with Gasteiger partial charge in [0.25, 0.3) is 5.91 Å². The lowest BCUT2D eigenvalue weighted by molar-refractivity contribution is 0.0936. The zero-order valence-corrected chi connectivity index (χ0v) is 10.4. The fourth-order valence-corrected chi connectivity index (χ4v) is 2.45. The molecule has 0 aromatic carbocycles. The highest BCUT2D eigenvalue weighted by molar-refractivity contribution is 7.09. The molecule has 0 radical (unpaired) electrons. The van der Waals surface area contributed by atoms with Crippen molar-refractivity contribution >= 4 is 17.2 Å². The summed E-state index contributed by atoms with van der Waals surface area (Å²) in [6.07, 6.45) is 2.93. The average Bonchev–Trinajstić information content (AvgIpc) is 2.93. The average molecular weight is 255 g/mol. The van der Waals surface area contributed by atoms with E-state index in [0.29, 0.717) is 18.8 Å². The summed E-state index contributed by atoms with van der Waals surface area (Å²) in [7, 11) is 0. The molecule has 1 aromatic heterocycles. The molecule has 2 rings (SSSR count). The number of hydrogen-bond donors (Lipinski definition) is 3. The van der Waals surface area contributed by atoms with Crippen LogP contribution >= 0.6 is 11.3 Å². The lowest BCUT2D eigenvalue weighted by Crippen LogP contribution is -2.31. The summed E-state index contributed by atoms with van der Waals surface area (Å²) >= 11 is 1.40. The first-order valence-electron chi connectivity index (χ1n) is 5.73. The van der Waals surface area contributed by atoms with E-state index in [1.165, 1.54) is 11.3 Å². The van der Waals surface area contributed by atoms with Crippen molar-refractivity contribution in [1.29, 1.82) is 0 Å².